The van der Waals surface area contributed by atoms with Gasteiger partial charge in [-0.1, -0.05) is 283 Å². The van der Waals surface area contributed by atoms with Crippen molar-refractivity contribution < 1.29 is 37.6 Å². The van der Waals surface area contributed by atoms with Crippen molar-refractivity contribution in [1.82, 2.24) is 0 Å². The van der Waals surface area contributed by atoms with Gasteiger partial charge in [0.1, 0.15) is 6.61 Å². The molecule has 78 heavy (non-hydrogen) atoms. The molecular formula is C68H116NO8P. The van der Waals surface area contributed by atoms with Gasteiger partial charge in [-0.15, -0.1) is 0 Å². The number of rotatable bonds is 58. The zero-order valence-electron chi connectivity index (χ0n) is 49.9. The summed E-state index contributed by atoms with van der Waals surface area (Å²) >= 11 is 0. The third-order valence-corrected chi connectivity index (χ3v) is 14.1. The van der Waals surface area contributed by atoms with Crippen LogP contribution >= 0.6 is 7.82 Å². The zero-order chi connectivity index (χ0) is 56.6. The Bertz CT molecular complexity index is 1690. The molecule has 446 valence electrons. The smallest absolute Gasteiger partial charge is 0.462 e. The van der Waals surface area contributed by atoms with Crippen molar-refractivity contribution >= 4 is 19.8 Å². The van der Waals surface area contributed by atoms with Crippen molar-refractivity contribution in [2.24, 2.45) is 5.73 Å². The van der Waals surface area contributed by atoms with Gasteiger partial charge in [-0.05, 0) is 89.9 Å². The molecule has 0 aliphatic heterocycles. The molecule has 0 radical (unpaired) electrons. The number of unbranched alkanes of at least 4 members (excludes halogenated alkanes) is 25. The molecule has 0 aromatic rings. The Morgan fingerprint density at radius 2 is 0.705 bits per heavy atom. The van der Waals surface area contributed by atoms with E-state index >= 15 is 0 Å². The molecule has 0 heterocycles. The Hall–Kier alpha value is -3.59. The summed E-state index contributed by atoms with van der Waals surface area (Å²) in [6.45, 7) is 3.62. The molecule has 2 unspecified atom stereocenters. The van der Waals surface area contributed by atoms with E-state index in [2.05, 4.69) is 135 Å². The minimum atomic E-state index is -4.40. The fourth-order valence-electron chi connectivity index (χ4n) is 8.49. The number of hydrogen-bond donors (Lipinski definition) is 2. The molecule has 0 saturated heterocycles. The van der Waals surface area contributed by atoms with E-state index in [1.807, 2.05) is 0 Å². The van der Waals surface area contributed by atoms with E-state index in [1.165, 1.54) is 122 Å². The zero-order valence-corrected chi connectivity index (χ0v) is 50.8. The highest BCUT2D eigenvalue weighted by Crippen LogP contribution is 2.43. The van der Waals surface area contributed by atoms with Crippen molar-refractivity contribution in [3.05, 3.63) is 122 Å². The molecule has 9 nitrogen and oxygen atoms in total. The van der Waals surface area contributed by atoms with E-state index < -0.39 is 26.5 Å². The second-order valence-electron chi connectivity index (χ2n) is 20.6. The molecule has 10 heteroatoms. The summed E-state index contributed by atoms with van der Waals surface area (Å²) in [5.41, 5.74) is 5.39. The van der Waals surface area contributed by atoms with Gasteiger partial charge in [0.15, 0.2) is 6.10 Å². The Morgan fingerprint density at radius 3 is 1.05 bits per heavy atom. The maximum atomic E-state index is 12.7. The molecule has 0 rings (SSSR count). The minimum Gasteiger partial charge on any atom is -0.462 e. The maximum absolute atomic E-state index is 12.7. The number of hydrogen-bond acceptors (Lipinski definition) is 8. The molecule has 0 aromatic heterocycles. The van der Waals surface area contributed by atoms with Crippen LogP contribution in [0.25, 0.3) is 0 Å². The van der Waals surface area contributed by atoms with Gasteiger partial charge in [-0.25, -0.2) is 4.57 Å². The first-order valence-electron chi connectivity index (χ1n) is 31.5. The van der Waals surface area contributed by atoms with Crippen molar-refractivity contribution in [2.45, 2.75) is 270 Å². The molecule has 0 aliphatic rings. The van der Waals surface area contributed by atoms with Gasteiger partial charge >= 0.3 is 19.8 Å². The largest absolute Gasteiger partial charge is 0.472 e. The Kier molecular flexibility index (Phi) is 59.7. The lowest BCUT2D eigenvalue weighted by Gasteiger charge is -2.19. The van der Waals surface area contributed by atoms with Crippen molar-refractivity contribution in [3.63, 3.8) is 0 Å². The van der Waals surface area contributed by atoms with Gasteiger partial charge in [-0.3, -0.25) is 18.6 Å². The van der Waals surface area contributed by atoms with Gasteiger partial charge < -0.3 is 20.1 Å². The van der Waals surface area contributed by atoms with Crippen LogP contribution in [0, 0.1) is 0 Å². The third-order valence-electron chi connectivity index (χ3n) is 13.1. The highest BCUT2D eigenvalue weighted by Gasteiger charge is 2.26. The van der Waals surface area contributed by atoms with Gasteiger partial charge in [0, 0.05) is 19.4 Å². The van der Waals surface area contributed by atoms with Crippen LogP contribution in [0.4, 0.5) is 0 Å². The lowest BCUT2D eigenvalue weighted by atomic mass is 10.0. The van der Waals surface area contributed by atoms with E-state index in [0.717, 1.165) is 109 Å². The van der Waals surface area contributed by atoms with E-state index in [9.17, 15) is 19.0 Å². The number of phosphoric ester groups is 1. The maximum Gasteiger partial charge on any atom is 0.472 e. The molecule has 0 aromatic carbocycles. The fourth-order valence-corrected chi connectivity index (χ4v) is 9.25. The van der Waals surface area contributed by atoms with E-state index in [4.69, 9.17) is 24.3 Å². The topological polar surface area (TPSA) is 134 Å². The van der Waals surface area contributed by atoms with Crippen LogP contribution < -0.4 is 5.73 Å². The minimum absolute atomic E-state index is 0.0440. The van der Waals surface area contributed by atoms with Crippen LogP contribution in [0.5, 0.6) is 0 Å². The second-order valence-corrected chi connectivity index (χ2v) is 22.0. The molecular weight excluding hydrogens is 990 g/mol. The van der Waals surface area contributed by atoms with Gasteiger partial charge in [0.05, 0.1) is 13.2 Å². The predicted octanol–water partition coefficient (Wildman–Crippen LogP) is 20.3. The first-order valence-corrected chi connectivity index (χ1v) is 33.0. The lowest BCUT2D eigenvalue weighted by molar-refractivity contribution is -0.161. The number of allylic oxidation sites excluding steroid dienone is 20. The van der Waals surface area contributed by atoms with Gasteiger partial charge in [-0.2, -0.15) is 0 Å². The summed E-state index contributed by atoms with van der Waals surface area (Å²) in [5, 5.41) is 0. The Balaban J connectivity index is 4.05. The number of esters is 2. The first kappa shape index (κ1) is 74.4. The molecule has 2 atom stereocenters. The highest BCUT2D eigenvalue weighted by molar-refractivity contribution is 7.47. The summed E-state index contributed by atoms with van der Waals surface area (Å²) in [6, 6.07) is 0. The molecule has 0 spiro atoms. The quantitative estimate of drug-likeness (QED) is 0.0264. The van der Waals surface area contributed by atoms with Crippen molar-refractivity contribution in [3.8, 4) is 0 Å². The summed E-state index contributed by atoms with van der Waals surface area (Å²) in [4.78, 5) is 35.2. The average Bonchev–Trinajstić information content (AvgIpc) is 3.43. The second kappa shape index (κ2) is 62.6. The van der Waals surface area contributed by atoms with Crippen LogP contribution in [0.15, 0.2) is 122 Å². The van der Waals surface area contributed by atoms with Gasteiger partial charge in [0.2, 0.25) is 0 Å². The number of nitrogens with two attached hydrogens (primary N) is 1. The van der Waals surface area contributed by atoms with Crippen LogP contribution in [-0.2, 0) is 32.7 Å². The van der Waals surface area contributed by atoms with Gasteiger partial charge in [0.25, 0.3) is 0 Å². The lowest BCUT2D eigenvalue weighted by Crippen LogP contribution is -2.29. The molecule has 0 saturated carbocycles. The summed E-state index contributed by atoms with van der Waals surface area (Å²) in [7, 11) is -4.40. The molecule has 0 aliphatic carbocycles. The third kappa shape index (κ3) is 61.6. The van der Waals surface area contributed by atoms with Crippen LogP contribution in [-0.4, -0.2) is 49.3 Å². The fraction of sp³-hybridized carbons (Fsp3) is 0.676. The standard InChI is InChI=1S/C68H116NO8P/c1-3-5-7-9-11-13-15-17-19-21-23-25-27-28-29-30-31-32-33-34-35-36-37-38-39-41-43-45-47-49-51-53-55-57-59-61-68(71)77-66(65-76-78(72,73)75-63-62-69)64-74-67(70)60-58-56-54-52-50-48-46-44-42-40-26-24-22-20-18-16-14-12-10-8-6-4-2/h5,7,11,13,17,19,23,25,28-29,31-32,34-35,37-38,41,43,47,49,66H,3-4,6,8-10,12,14-16,18,20-22,24,26-27,30,33,36,39-40,42,44-46,48,50-65,69H2,1-2H3,(H,72,73)/b7-5-,13-11-,19-17-,25-23-,29-28-,32-31-,35-34-,38-37-,43-41-,49-47-. The summed E-state index contributed by atoms with van der Waals surface area (Å²) in [5.74, 6) is -0.856. The van der Waals surface area contributed by atoms with Crippen molar-refractivity contribution in [1.29, 1.82) is 0 Å². The molecule has 0 amide bonds. The number of phosphoric acid groups is 1. The Morgan fingerprint density at radius 1 is 0.397 bits per heavy atom. The van der Waals surface area contributed by atoms with E-state index in [1.54, 1.807) is 0 Å². The summed E-state index contributed by atoms with van der Waals surface area (Å²) < 4.78 is 33.1. The monoisotopic (exact) mass is 1110 g/mol. The van der Waals surface area contributed by atoms with Crippen molar-refractivity contribution in [2.75, 3.05) is 26.4 Å². The molecule has 0 fully saturated rings. The highest BCUT2D eigenvalue weighted by atomic mass is 31.2. The van der Waals surface area contributed by atoms with Crippen LogP contribution in [0.1, 0.15) is 264 Å². The SMILES string of the molecule is CC/C=C\C/C=C\C/C=C\C/C=C\C/C=C\C/C=C\C/C=C\C/C=C\C/C=C\C/C=C\CCCCCCC(=O)OC(COC(=O)CCCCCCCCCCCCCCCCCCCCCCCC)COP(=O)(O)OCCN. The number of carbonyl (C=O) groups excluding carboxylic acids is 2. The normalized spacial score (nSPS) is 13.8. The molecule has 3 N–H and O–H groups in total. The number of carbonyl (C=O) groups is 2. The predicted molar refractivity (Wildman–Crippen MR) is 334 cm³/mol. The first-order chi connectivity index (χ1) is 38.3. The van der Waals surface area contributed by atoms with Crippen LogP contribution in [0.3, 0.4) is 0 Å². The van der Waals surface area contributed by atoms with Crippen LogP contribution in [0.2, 0.25) is 0 Å². The Labute approximate surface area is 479 Å². The molecule has 0 bridgehead atoms. The summed E-state index contributed by atoms with van der Waals surface area (Å²) in [6.07, 6.45) is 86.9. The average molecular weight is 1110 g/mol. The number of ether oxygens (including phenoxy) is 2. The van der Waals surface area contributed by atoms with E-state index in [0.29, 0.717) is 6.42 Å². The van der Waals surface area contributed by atoms with E-state index in [-0.39, 0.29) is 38.6 Å².